The topological polar surface area (TPSA) is 38.3 Å². The molecule has 1 amide bonds. The minimum Gasteiger partial charge on any atom is -0.435 e. The van der Waals surface area contributed by atoms with Crippen LogP contribution >= 0.6 is 0 Å². The van der Waals surface area contributed by atoms with Crippen LogP contribution in [0.1, 0.15) is 30.4 Å². The second-order valence-corrected chi connectivity index (χ2v) is 6.33. The van der Waals surface area contributed by atoms with E-state index in [2.05, 4.69) is 10.1 Å². The van der Waals surface area contributed by atoms with Crippen molar-refractivity contribution in [1.82, 2.24) is 5.32 Å². The fraction of sp³-hybridized carbons (Fsp3) is 0.350. The van der Waals surface area contributed by atoms with E-state index < -0.39 is 12.0 Å². The number of carbonyl (C=O) groups excluding carboxylic acids is 1. The Morgan fingerprint density at radius 3 is 2.32 bits per heavy atom. The molecule has 2 aromatic carbocycles. The normalized spacial score (nSPS) is 15.5. The summed E-state index contributed by atoms with van der Waals surface area (Å²) in [7, 11) is 0. The van der Waals surface area contributed by atoms with Gasteiger partial charge in [0, 0.05) is 6.54 Å². The first-order chi connectivity index (χ1) is 12.1. The second-order valence-electron chi connectivity index (χ2n) is 6.33. The maximum atomic E-state index is 12.7. The minimum absolute atomic E-state index is 0.0719. The molecule has 1 saturated carbocycles. The molecule has 0 heterocycles. The maximum absolute atomic E-state index is 12.7. The highest BCUT2D eigenvalue weighted by atomic mass is 19.3. The summed E-state index contributed by atoms with van der Waals surface area (Å²) >= 11 is 0. The first kappa shape index (κ1) is 17.4. The van der Waals surface area contributed by atoms with Crippen molar-refractivity contribution in [2.45, 2.75) is 37.7 Å². The van der Waals surface area contributed by atoms with E-state index in [1.54, 1.807) is 12.1 Å². The van der Waals surface area contributed by atoms with Crippen LogP contribution in [0, 0.1) is 0 Å². The van der Waals surface area contributed by atoms with Crippen LogP contribution < -0.4 is 10.1 Å². The van der Waals surface area contributed by atoms with Gasteiger partial charge in [-0.25, -0.2) is 0 Å². The lowest BCUT2D eigenvalue weighted by atomic mass is 9.64. The molecule has 1 N–H and O–H groups in total. The number of benzene rings is 2. The maximum Gasteiger partial charge on any atom is 0.387 e. The molecule has 0 saturated heterocycles. The van der Waals surface area contributed by atoms with Gasteiger partial charge in [0.05, 0.1) is 5.41 Å². The van der Waals surface area contributed by atoms with Crippen molar-refractivity contribution >= 4 is 5.91 Å². The SMILES string of the molecule is O=C(NCCc1ccc(OC(F)F)cc1)C1(c2ccccc2)CCC1. The average molecular weight is 345 g/mol. The largest absolute Gasteiger partial charge is 0.435 e. The van der Waals surface area contributed by atoms with Crippen LogP contribution in [-0.2, 0) is 16.6 Å². The molecule has 0 spiro atoms. The number of hydrogen-bond acceptors (Lipinski definition) is 2. The van der Waals surface area contributed by atoms with E-state index in [4.69, 9.17) is 0 Å². The highest BCUT2D eigenvalue weighted by Crippen LogP contribution is 2.43. The predicted molar refractivity (Wildman–Crippen MR) is 91.8 cm³/mol. The molecular weight excluding hydrogens is 324 g/mol. The Balaban J connectivity index is 1.54. The van der Waals surface area contributed by atoms with Gasteiger partial charge in [-0.2, -0.15) is 8.78 Å². The van der Waals surface area contributed by atoms with Gasteiger partial charge in [-0.05, 0) is 42.5 Å². The number of hydrogen-bond donors (Lipinski definition) is 1. The molecule has 0 radical (unpaired) electrons. The number of alkyl halides is 2. The first-order valence-corrected chi connectivity index (χ1v) is 8.48. The average Bonchev–Trinajstić information content (AvgIpc) is 2.56. The summed E-state index contributed by atoms with van der Waals surface area (Å²) < 4.78 is 28.6. The van der Waals surface area contributed by atoms with Crippen LogP contribution in [0.3, 0.4) is 0 Å². The number of amides is 1. The Labute approximate surface area is 146 Å². The smallest absolute Gasteiger partial charge is 0.387 e. The van der Waals surface area contributed by atoms with Gasteiger partial charge in [-0.15, -0.1) is 0 Å². The molecule has 0 aliphatic heterocycles. The fourth-order valence-electron chi connectivity index (χ4n) is 3.26. The monoisotopic (exact) mass is 345 g/mol. The van der Waals surface area contributed by atoms with E-state index in [9.17, 15) is 13.6 Å². The summed E-state index contributed by atoms with van der Waals surface area (Å²) in [6.45, 7) is -2.30. The summed E-state index contributed by atoms with van der Waals surface area (Å²) in [5.74, 6) is 0.211. The quantitative estimate of drug-likeness (QED) is 0.821. The van der Waals surface area contributed by atoms with E-state index in [1.807, 2.05) is 30.3 Å². The zero-order chi connectivity index (χ0) is 17.7. The summed E-state index contributed by atoms with van der Waals surface area (Å²) in [6, 6.07) is 16.4. The van der Waals surface area contributed by atoms with Crippen molar-refractivity contribution in [2.75, 3.05) is 6.54 Å². The van der Waals surface area contributed by atoms with Crippen molar-refractivity contribution < 1.29 is 18.3 Å². The molecule has 0 bridgehead atoms. The molecule has 2 aromatic rings. The standard InChI is InChI=1S/C20H21F2NO2/c21-19(22)25-17-9-7-15(8-10-17)11-14-23-18(24)20(12-4-13-20)16-5-2-1-3-6-16/h1-3,5-10,19H,4,11-14H2,(H,23,24). The highest BCUT2D eigenvalue weighted by molar-refractivity contribution is 5.89. The number of ether oxygens (including phenoxy) is 1. The van der Waals surface area contributed by atoms with Crippen molar-refractivity contribution in [3.63, 3.8) is 0 Å². The Morgan fingerprint density at radius 1 is 1.08 bits per heavy atom. The lowest BCUT2D eigenvalue weighted by Gasteiger charge is -2.40. The molecular formula is C20H21F2NO2. The summed E-state index contributed by atoms with van der Waals surface area (Å²) in [4.78, 5) is 12.7. The van der Waals surface area contributed by atoms with Crippen LogP contribution in [-0.4, -0.2) is 19.1 Å². The molecule has 1 aliphatic rings. The number of carbonyl (C=O) groups is 1. The third kappa shape index (κ3) is 3.98. The van der Waals surface area contributed by atoms with Crippen molar-refractivity contribution in [3.05, 3.63) is 65.7 Å². The highest BCUT2D eigenvalue weighted by Gasteiger charge is 2.45. The Hall–Kier alpha value is -2.43. The van der Waals surface area contributed by atoms with Crippen molar-refractivity contribution in [3.8, 4) is 5.75 Å². The zero-order valence-electron chi connectivity index (χ0n) is 13.9. The van der Waals surface area contributed by atoms with Gasteiger partial charge in [0.2, 0.25) is 5.91 Å². The van der Waals surface area contributed by atoms with Crippen LogP contribution in [0.15, 0.2) is 54.6 Å². The molecule has 25 heavy (non-hydrogen) atoms. The van der Waals surface area contributed by atoms with Gasteiger partial charge < -0.3 is 10.1 Å². The van der Waals surface area contributed by atoms with Crippen LogP contribution in [0.5, 0.6) is 5.75 Å². The Kier molecular flexibility index (Phi) is 5.31. The van der Waals surface area contributed by atoms with Crippen molar-refractivity contribution in [1.29, 1.82) is 0 Å². The zero-order valence-corrected chi connectivity index (χ0v) is 13.9. The van der Waals surface area contributed by atoms with Crippen LogP contribution in [0.25, 0.3) is 0 Å². The molecule has 0 atom stereocenters. The van der Waals surface area contributed by atoms with Gasteiger partial charge in [0.15, 0.2) is 0 Å². The minimum atomic E-state index is -2.82. The second kappa shape index (κ2) is 7.64. The van der Waals surface area contributed by atoms with Crippen LogP contribution in [0.4, 0.5) is 8.78 Å². The van der Waals surface area contributed by atoms with Gasteiger partial charge in [0.1, 0.15) is 5.75 Å². The molecule has 3 rings (SSSR count). The summed E-state index contributed by atoms with van der Waals surface area (Å²) in [5, 5.41) is 3.03. The number of halogens is 2. The molecule has 0 aromatic heterocycles. The van der Waals surface area contributed by atoms with E-state index in [0.29, 0.717) is 13.0 Å². The van der Waals surface area contributed by atoms with E-state index in [-0.39, 0.29) is 11.7 Å². The Morgan fingerprint density at radius 2 is 1.76 bits per heavy atom. The Bertz CT molecular complexity index is 697. The summed E-state index contributed by atoms with van der Waals surface area (Å²) in [5.41, 5.74) is 1.65. The van der Waals surface area contributed by atoms with Gasteiger partial charge in [-0.3, -0.25) is 4.79 Å². The van der Waals surface area contributed by atoms with E-state index >= 15 is 0 Å². The molecule has 3 nitrogen and oxygen atoms in total. The number of rotatable bonds is 7. The molecule has 0 unspecified atom stereocenters. The lowest BCUT2D eigenvalue weighted by Crippen LogP contribution is -2.49. The fourth-order valence-corrected chi connectivity index (χ4v) is 3.26. The van der Waals surface area contributed by atoms with E-state index in [1.165, 1.54) is 12.1 Å². The number of nitrogens with one attached hydrogen (secondary N) is 1. The van der Waals surface area contributed by atoms with E-state index in [0.717, 1.165) is 30.4 Å². The van der Waals surface area contributed by atoms with Gasteiger partial charge >= 0.3 is 6.61 Å². The summed E-state index contributed by atoms with van der Waals surface area (Å²) in [6.07, 6.45) is 3.46. The third-order valence-electron chi connectivity index (χ3n) is 4.82. The molecule has 1 fully saturated rings. The molecule has 5 heteroatoms. The first-order valence-electron chi connectivity index (χ1n) is 8.48. The molecule has 132 valence electrons. The molecule has 1 aliphatic carbocycles. The van der Waals surface area contributed by atoms with Gasteiger partial charge in [-0.1, -0.05) is 48.9 Å². The lowest BCUT2D eigenvalue weighted by molar-refractivity contribution is -0.129. The third-order valence-corrected chi connectivity index (χ3v) is 4.82. The van der Waals surface area contributed by atoms with Gasteiger partial charge in [0.25, 0.3) is 0 Å². The van der Waals surface area contributed by atoms with Crippen molar-refractivity contribution in [2.24, 2.45) is 0 Å². The predicted octanol–water partition coefficient (Wildman–Crippen LogP) is 4.07. The van der Waals surface area contributed by atoms with Crippen LogP contribution in [0.2, 0.25) is 0 Å².